The van der Waals surface area contributed by atoms with Crippen LogP contribution in [0.4, 0.5) is 24.7 Å². The maximum absolute atomic E-state index is 13.7. The van der Waals surface area contributed by atoms with E-state index in [-0.39, 0.29) is 18.6 Å². The van der Waals surface area contributed by atoms with Crippen LogP contribution in [0, 0.1) is 0 Å². The van der Waals surface area contributed by atoms with Gasteiger partial charge in [0.1, 0.15) is 11.9 Å². The first-order valence-electron chi connectivity index (χ1n) is 13.4. The van der Waals surface area contributed by atoms with E-state index >= 15 is 0 Å². The van der Waals surface area contributed by atoms with Crippen molar-refractivity contribution in [2.45, 2.75) is 50.5 Å². The number of ether oxygens (including phenoxy) is 2. The van der Waals surface area contributed by atoms with Gasteiger partial charge in [0.2, 0.25) is 5.91 Å². The fourth-order valence-corrected chi connectivity index (χ4v) is 5.14. The van der Waals surface area contributed by atoms with E-state index < -0.39 is 18.0 Å². The Bertz CT molecular complexity index is 1530. The van der Waals surface area contributed by atoms with E-state index in [0.717, 1.165) is 10.8 Å². The van der Waals surface area contributed by atoms with Crippen LogP contribution in [0.1, 0.15) is 37.9 Å². The first kappa shape index (κ1) is 30.8. The molecule has 0 saturated carbocycles. The normalized spacial score (nSPS) is 12.3. The van der Waals surface area contributed by atoms with Crippen molar-refractivity contribution in [2.24, 2.45) is 0 Å². The quantitative estimate of drug-likeness (QED) is 0.149. The zero-order valence-corrected chi connectivity index (χ0v) is 24.3. The number of aromatic nitrogens is 1. The lowest BCUT2D eigenvalue weighted by Crippen LogP contribution is -2.33. The number of nitrogens with zero attached hydrogens (tertiary/aromatic N) is 1. The Kier molecular flexibility index (Phi) is 10.1. The fraction of sp³-hybridized carbons (Fsp3) is 0.290. The lowest BCUT2D eigenvalue weighted by atomic mass is 10.0. The maximum atomic E-state index is 13.7. The first-order valence-corrected chi connectivity index (χ1v) is 14.4. The van der Waals surface area contributed by atoms with Crippen LogP contribution < -0.4 is 25.8 Å². The van der Waals surface area contributed by atoms with Gasteiger partial charge in [-0.25, -0.2) is 4.98 Å². The SMILES string of the molecule is CCOc1cc(C(Nc2ccc3c(N)nccc3c2)C(=O)NCc2ccccc2SCC(F)(F)F)ccc1OC(C)C. The van der Waals surface area contributed by atoms with E-state index in [2.05, 4.69) is 15.6 Å². The van der Waals surface area contributed by atoms with Gasteiger partial charge in [-0.05, 0) is 79.7 Å². The Morgan fingerprint density at radius 2 is 1.83 bits per heavy atom. The van der Waals surface area contributed by atoms with Crippen LogP contribution in [0.15, 0.2) is 77.8 Å². The molecule has 1 unspecified atom stereocenters. The Morgan fingerprint density at radius 3 is 2.57 bits per heavy atom. The number of benzene rings is 3. The van der Waals surface area contributed by atoms with E-state index in [0.29, 0.717) is 57.4 Å². The van der Waals surface area contributed by atoms with Crippen LogP contribution >= 0.6 is 11.8 Å². The molecule has 1 heterocycles. The molecule has 4 aromatic rings. The molecule has 0 saturated heterocycles. The van der Waals surface area contributed by atoms with Crippen molar-refractivity contribution in [3.63, 3.8) is 0 Å². The Hall–Kier alpha value is -4.12. The molecule has 0 fully saturated rings. The Labute approximate surface area is 247 Å². The van der Waals surface area contributed by atoms with Crippen molar-refractivity contribution in [3.05, 3.63) is 84.1 Å². The van der Waals surface area contributed by atoms with E-state index in [4.69, 9.17) is 15.2 Å². The summed E-state index contributed by atoms with van der Waals surface area (Å²) in [7, 11) is 0. The van der Waals surface area contributed by atoms with E-state index in [9.17, 15) is 18.0 Å². The first-order chi connectivity index (χ1) is 20.0. The zero-order valence-electron chi connectivity index (χ0n) is 23.5. The monoisotopic (exact) mass is 598 g/mol. The number of hydrogen-bond acceptors (Lipinski definition) is 7. The molecule has 0 aliphatic heterocycles. The second kappa shape index (κ2) is 13.7. The number of thioether (sulfide) groups is 1. The minimum atomic E-state index is -4.31. The number of anilines is 2. The van der Waals surface area contributed by atoms with Gasteiger partial charge in [-0.15, -0.1) is 11.8 Å². The summed E-state index contributed by atoms with van der Waals surface area (Å²) >= 11 is 0.691. The number of amides is 1. The fourth-order valence-electron chi connectivity index (χ4n) is 4.32. The van der Waals surface area contributed by atoms with Crippen molar-refractivity contribution < 1.29 is 27.4 Å². The molecule has 0 bridgehead atoms. The summed E-state index contributed by atoms with van der Waals surface area (Å²) in [6.07, 6.45) is -2.77. The van der Waals surface area contributed by atoms with Crippen molar-refractivity contribution in [1.29, 1.82) is 0 Å². The van der Waals surface area contributed by atoms with Gasteiger partial charge in [0, 0.05) is 28.7 Å². The number of pyridine rings is 1. The molecule has 0 spiro atoms. The van der Waals surface area contributed by atoms with Gasteiger partial charge in [0.05, 0.1) is 18.5 Å². The number of fused-ring (bicyclic) bond motifs is 1. The molecule has 42 heavy (non-hydrogen) atoms. The number of carbonyl (C=O) groups is 1. The lowest BCUT2D eigenvalue weighted by Gasteiger charge is -2.23. The third kappa shape index (κ3) is 8.22. The molecule has 3 aromatic carbocycles. The molecule has 1 atom stereocenters. The summed E-state index contributed by atoms with van der Waals surface area (Å²) < 4.78 is 50.3. The molecule has 4 N–H and O–H groups in total. The van der Waals surface area contributed by atoms with E-state index in [1.54, 1.807) is 48.7 Å². The highest BCUT2D eigenvalue weighted by Crippen LogP contribution is 2.34. The number of halogens is 3. The number of carbonyl (C=O) groups excluding carboxylic acids is 1. The van der Waals surface area contributed by atoms with Gasteiger partial charge >= 0.3 is 6.18 Å². The number of nitrogens with two attached hydrogens (primary N) is 1. The van der Waals surface area contributed by atoms with Crippen LogP contribution in [0.5, 0.6) is 11.5 Å². The Balaban J connectivity index is 1.64. The molecular formula is C31H33F3N4O3S. The molecule has 0 aliphatic rings. The summed E-state index contributed by atoms with van der Waals surface area (Å²) in [4.78, 5) is 18.3. The predicted octanol–water partition coefficient (Wildman–Crippen LogP) is 7.13. The van der Waals surface area contributed by atoms with E-state index in [1.807, 2.05) is 45.0 Å². The summed E-state index contributed by atoms with van der Waals surface area (Å²) in [5.74, 6) is 0.0563. The van der Waals surface area contributed by atoms with Gasteiger partial charge in [0.25, 0.3) is 0 Å². The smallest absolute Gasteiger partial charge is 0.398 e. The highest BCUT2D eigenvalue weighted by Gasteiger charge is 2.28. The molecule has 1 amide bonds. The standard InChI is InChI=1S/C31H33F3N4O3S/c1-4-40-26-16-21(9-12-25(26)41-19(2)3)28(38-23-10-11-24-20(15-23)13-14-36-29(24)35)30(39)37-17-22-7-5-6-8-27(22)42-18-31(32,33)34/h5-16,19,28,38H,4,17-18H2,1-3H3,(H2,35,36)(H,37,39). The van der Waals surface area contributed by atoms with Gasteiger partial charge in [-0.1, -0.05) is 24.3 Å². The van der Waals surface area contributed by atoms with Gasteiger partial charge < -0.3 is 25.8 Å². The average Bonchev–Trinajstić information content (AvgIpc) is 2.94. The highest BCUT2D eigenvalue weighted by atomic mass is 32.2. The second-order valence-corrected chi connectivity index (χ2v) is 10.8. The molecule has 4 rings (SSSR count). The number of hydrogen-bond donors (Lipinski definition) is 3. The van der Waals surface area contributed by atoms with Gasteiger partial charge in [-0.3, -0.25) is 4.79 Å². The van der Waals surface area contributed by atoms with Crippen molar-refractivity contribution in [1.82, 2.24) is 10.3 Å². The van der Waals surface area contributed by atoms with Crippen molar-refractivity contribution >= 4 is 39.9 Å². The summed E-state index contributed by atoms with van der Waals surface area (Å²) in [6.45, 7) is 6.13. The summed E-state index contributed by atoms with van der Waals surface area (Å²) in [5.41, 5.74) is 7.87. The number of nitrogen functional groups attached to an aromatic ring is 1. The lowest BCUT2D eigenvalue weighted by molar-refractivity contribution is -0.122. The predicted molar refractivity (Wildman–Crippen MR) is 161 cm³/mol. The molecular weight excluding hydrogens is 565 g/mol. The highest BCUT2D eigenvalue weighted by molar-refractivity contribution is 7.99. The number of nitrogens with one attached hydrogen (secondary N) is 2. The maximum Gasteiger partial charge on any atom is 0.398 e. The molecule has 0 radical (unpaired) electrons. The third-order valence-electron chi connectivity index (χ3n) is 6.15. The van der Waals surface area contributed by atoms with E-state index in [1.165, 1.54) is 0 Å². The van der Waals surface area contributed by atoms with Gasteiger partial charge in [-0.2, -0.15) is 13.2 Å². The van der Waals surface area contributed by atoms with Gasteiger partial charge in [0.15, 0.2) is 11.5 Å². The molecule has 0 aliphatic carbocycles. The second-order valence-electron chi connectivity index (χ2n) is 9.74. The molecule has 222 valence electrons. The van der Waals surface area contributed by atoms with Crippen molar-refractivity contribution in [3.8, 4) is 11.5 Å². The molecule has 11 heteroatoms. The van der Waals surface area contributed by atoms with Crippen LogP contribution in [0.2, 0.25) is 0 Å². The number of rotatable bonds is 12. The van der Waals surface area contributed by atoms with Crippen LogP contribution in [0.25, 0.3) is 10.8 Å². The van der Waals surface area contributed by atoms with Crippen molar-refractivity contribution in [2.75, 3.05) is 23.4 Å². The average molecular weight is 599 g/mol. The largest absolute Gasteiger partial charge is 0.490 e. The summed E-state index contributed by atoms with van der Waals surface area (Å²) in [6, 6.07) is 18.5. The number of alkyl halides is 3. The minimum Gasteiger partial charge on any atom is -0.490 e. The van der Waals surface area contributed by atoms with Crippen LogP contribution in [-0.2, 0) is 11.3 Å². The minimum absolute atomic E-state index is 0.0465. The summed E-state index contributed by atoms with van der Waals surface area (Å²) in [5, 5.41) is 7.84. The molecule has 7 nitrogen and oxygen atoms in total. The zero-order chi connectivity index (χ0) is 30.3. The van der Waals surface area contributed by atoms with Crippen LogP contribution in [-0.4, -0.2) is 35.5 Å². The third-order valence-corrected chi connectivity index (χ3v) is 7.33. The molecule has 1 aromatic heterocycles. The topological polar surface area (TPSA) is 98.5 Å². The Morgan fingerprint density at radius 1 is 1.05 bits per heavy atom. The van der Waals surface area contributed by atoms with Crippen LogP contribution in [0.3, 0.4) is 0 Å².